The number of hydrazone groups is 1. The Morgan fingerprint density at radius 1 is 1.18 bits per heavy atom. The van der Waals surface area contributed by atoms with E-state index in [2.05, 4.69) is 20.3 Å². The lowest BCUT2D eigenvalue weighted by Gasteiger charge is -2.38. The van der Waals surface area contributed by atoms with Gasteiger partial charge in [-0.15, -0.1) is 0 Å². The first-order chi connectivity index (χ1) is 13.4. The summed E-state index contributed by atoms with van der Waals surface area (Å²) in [4.78, 5) is 25.8. The average molecular weight is 403 g/mol. The molecule has 0 bridgehead atoms. The number of nitro benzene ring substituents is 1. The van der Waals surface area contributed by atoms with Crippen molar-refractivity contribution >= 4 is 40.9 Å². The van der Waals surface area contributed by atoms with Crippen molar-refractivity contribution < 1.29 is 9.72 Å². The third-order valence-electron chi connectivity index (χ3n) is 4.39. The van der Waals surface area contributed by atoms with E-state index < -0.39 is 11.0 Å². The van der Waals surface area contributed by atoms with Gasteiger partial charge in [0.1, 0.15) is 0 Å². The lowest BCUT2D eigenvalue weighted by atomic mass is 10.1. The molecule has 1 heterocycles. The van der Waals surface area contributed by atoms with E-state index in [0.29, 0.717) is 23.7 Å². The predicted molar refractivity (Wildman–Crippen MR) is 109 cm³/mol. The Hall–Kier alpha value is -3.33. The molecule has 1 aliphatic rings. The Labute approximate surface area is 166 Å². The number of piperazine rings is 1. The molecule has 0 unspecified atom stereocenters. The summed E-state index contributed by atoms with van der Waals surface area (Å²) in [5.41, 5.74) is 9.43. The van der Waals surface area contributed by atoms with E-state index in [9.17, 15) is 14.9 Å². The maximum Gasteiger partial charge on any atom is 0.332 e. The largest absolute Gasteiger partial charge is 0.368 e. The number of carbonyl (C=O) groups is 1. The minimum Gasteiger partial charge on any atom is -0.368 e. The molecule has 1 aliphatic heterocycles. The van der Waals surface area contributed by atoms with Crippen LogP contribution in [0.2, 0.25) is 5.02 Å². The van der Waals surface area contributed by atoms with Crippen LogP contribution in [0.3, 0.4) is 0 Å². The molecule has 3 N–H and O–H groups in total. The van der Waals surface area contributed by atoms with Gasteiger partial charge in [0.2, 0.25) is 0 Å². The maximum atomic E-state index is 11.1. The number of hydrogen-bond donors (Lipinski definition) is 2. The molecule has 0 saturated carbocycles. The van der Waals surface area contributed by atoms with Gasteiger partial charge in [-0.3, -0.25) is 10.1 Å². The van der Waals surface area contributed by atoms with Gasteiger partial charge in [-0.1, -0.05) is 17.7 Å². The van der Waals surface area contributed by atoms with Crippen LogP contribution in [-0.4, -0.2) is 43.3 Å². The molecular formula is C18H19ClN6O3. The van der Waals surface area contributed by atoms with Crippen molar-refractivity contribution in [3.8, 4) is 0 Å². The van der Waals surface area contributed by atoms with Gasteiger partial charge in [-0.25, -0.2) is 10.2 Å². The zero-order valence-electron chi connectivity index (χ0n) is 14.9. The highest BCUT2D eigenvalue weighted by Crippen LogP contribution is 2.27. The van der Waals surface area contributed by atoms with Crippen LogP contribution in [-0.2, 0) is 0 Å². The Kier molecular flexibility index (Phi) is 5.95. The number of anilines is 2. The number of nitro groups is 1. The molecule has 1 saturated heterocycles. The molecule has 0 aromatic heterocycles. The summed E-state index contributed by atoms with van der Waals surface area (Å²) in [6.07, 6.45) is 1.36. The zero-order valence-corrected chi connectivity index (χ0v) is 15.7. The number of primary amides is 1. The second kappa shape index (κ2) is 8.57. The second-order valence-electron chi connectivity index (χ2n) is 6.19. The fourth-order valence-electron chi connectivity index (χ4n) is 3.09. The van der Waals surface area contributed by atoms with Gasteiger partial charge in [0, 0.05) is 60.3 Å². The number of non-ortho nitro benzene ring substituents is 1. The van der Waals surface area contributed by atoms with Crippen LogP contribution >= 0.6 is 11.6 Å². The Bertz CT molecular complexity index is 912. The van der Waals surface area contributed by atoms with Gasteiger partial charge < -0.3 is 15.5 Å². The van der Waals surface area contributed by atoms with E-state index in [1.54, 1.807) is 6.07 Å². The summed E-state index contributed by atoms with van der Waals surface area (Å²) in [6.45, 7) is 2.98. The van der Waals surface area contributed by atoms with Gasteiger partial charge in [0.25, 0.3) is 5.69 Å². The summed E-state index contributed by atoms with van der Waals surface area (Å²) in [7, 11) is 0. The normalized spacial score (nSPS) is 14.3. The highest BCUT2D eigenvalue weighted by Gasteiger charge is 2.21. The number of carbonyl (C=O) groups excluding carboxylic acids is 1. The van der Waals surface area contributed by atoms with E-state index in [0.717, 1.165) is 24.5 Å². The van der Waals surface area contributed by atoms with Crippen LogP contribution in [0.25, 0.3) is 0 Å². The maximum absolute atomic E-state index is 11.1. The van der Waals surface area contributed by atoms with Gasteiger partial charge in [-0.05, 0) is 24.3 Å². The number of rotatable bonds is 5. The van der Waals surface area contributed by atoms with Crippen LogP contribution in [0.1, 0.15) is 5.56 Å². The predicted octanol–water partition coefficient (Wildman–Crippen LogP) is 2.58. The van der Waals surface area contributed by atoms with Crippen LogP contribution in [0, 0.1) is 10.1 Å². The van der Waals surface area contributed by atoms with Crippen LogP contribution in [0.5, 0.6) is 0 Å². The zero-order chi connectivity index (χ0) is 20.1. The molecule has 9 nitrogen and oxygen atoms in total. The molecule has 0 spiro atoms. The highest BCUT2D eigenvalue weighted by atomic mass is 35.5. The molecule has 1 fully saturated rings. The second-order valence-corrected chi connectivity index (χ2v) is 6.62. The Balaban J connectivity index is 1.78. The Morgan fingerprint density at radius 2 is 1.89 bits per heavy atom. The van der Waals surface area contributed by atoms with E-state index in [1.807, 2.05) is 24.3 Å². The SMILES string of the molecule is NC(=O)NN=Cc1cc([N+](=O)[O-])ccc1N1CCN(c2cccc(Cl)c2)CC1. The molecule has 2 aromatic carbocycles. The van der Waals surface area contributed by atoms with Crippen LogP contribution in [0.4, 0.5) is 21.9 Å². The summed E-state index contributed by atoms with van der Waals surface area (Å²) in [5.74, 6) is 0. The highest BCUT2D eigenvalue weighted by molar-refractivity contribution is 6.30. The molecule has 2 aromatic rings. The molecule has 2 amide bonds. The smallest absolute Gasteiger partial charge is 0.332 e. The molecule has 0 atom stereocenters. The summed E-state index contributed by atoms with van der Waals surface area (Å²) < 4.78 is 0. The lowest BCUT2D eigenvalue weighted by Crippen LogP contribution is -2.46. The van der Waals surface area contributed by atoms with E-state index in [4.69, 9.17) is 17.3 Å². The minimum absolute atomic E-state index is 0.0539. The molecule has 28 heavy (non-hydrogen) atoms. The van der Waals surface area contributed by atoms with Gasteiger partial charge in [0.15, 0.2) is 0 Å². The standard InChI is InChI=1S/C18H19ClN6O3/c19-14-2-1-3-15(11-14)23-6-8-24(9-7-23)17-5-4-16(25(27)28)10-13(17)12-21-22-18(20)26/h1-5,10-12H,6-9H2,(H3,20,22,26). The number of nitrogens with two attached hydrogens (primary N) is 1. The Morgan fingerprint density at radius 3 is 2.54 bits per heavy atom. The third kappa shape index (κ3) is 4.68. The topological polar surface area (TPSA) is 117 Å². The van der Waals surface area contributed by atoms with Crippen molar-refractivity contribution in [2.75, 3.05) is 36.0 Å². The molecular weight excluding hydrogens is 384 g/mol. The first-order valence-corrected chi connectivity index (χ1v) is 8.94. The quantitative estimate of drug-likeness (QED) is 0.453. The van der Waals surface area contributed by atoms with Gasteiger partial charge >= 0.3 is 6.03 Å². The van der Waals surface area contributed by atoms with E-state index >= 15 is 0 Å². The number of nitrogens with zero attached hydrogens (tertiary/aromatic N) is 4. The summed E-state index contributed by atoms with van der Waals surface area (Å²) in [6, 6.07) is 11.5. The summed E-state index contributed by atoms with van der Waals surface area (Å²) >= 11 is 6.08. The molecule has 3 rings (SSSR count). The van der Waals surface area contributed by atoms with Gasteiger partial charge in [0.05, 0.1) is 11.1 Å². The van der Waals surface area contributed by atoms with Crippen LogP contribution < -0.4 is 21.0 Å². The van der Waals surface area contributed by atoms with Crippen molar-refractivity contribution in [1.29, 1.82) is 0 Å². The first-order valence-electron chi connectivity index (χ1n) is 8.56. The first kappa shape index (κ1) is 19.4. The lowest BCUT2D eigenvalue weighted by molar-refractivity contribution is -0.384. The molecule has 146 valence electrons. The number of nitrogens with one attached hydrogen (secondary N) is 1. The number of halogens is 1. The van der Waals surface area contributed by atoms with Crippen molar-refractivity contribution in [2.45, 2.75) is 0 Å². The van der Waals surface area contributed by atoms with Crippen molar-refractivity contribution in [3.05, 3.63) is 63.2 Å². The molecule has 0 radical (unpaired) electrons. The fraction of sp³-hybridized carbons (Fsp3) is 0.222. The minimum atomic E-state index is -0.807. The monoisotopic (exact) mass is 402 g/mol. The summed E-state index contributed by atoms with van der Waals surface area (Å²) in [5, 5.41) is 15.5. The van der Waals surface area contributed by atoms with E-state index in [-0.39, 0.29) is 5.69 Å². The average Bonchev–Trinajstić information content (AvgIpc) is 2.68. The fourth-order valence-corrected chi connectivity index (χ4v) is 3.28. The number of benzene rings is 2. The van der Waals surface area contributed by atoms with Crippen molar-refractivity contribution in [1.82, 2.24) is 5.43 Å². The van der Waals surface area contributed by atoms with Crippen molar-refractivity contribution in [2.24, 2.45) is 10.8 Å². The number of amides is 2. The molecule has 0 aliphatic carbocycles. The number of hydrogen-bond acceptors (Lipinski definition) is 6. The van der Waals surface area contributed by atoms with Crippen LogP contribution in [0.15, 0.2) is 47.6 Å². The third-order valence-corrected chi connectivity index (χ3v) is 4.63. The molecule has 10 heteroatoms. The van der Waals surface area contributed by atoms with Gasteiger partial charge in [-0.2, -0.15) is 5.10 Å². The van der Waals surface area contributed by atoms with Crippen molar-refractivity contribution in [3.63, 3.8) is 0 Å². The van der Waals surface area contributed by atoms with E-state index in [1.165, 1.54) is 18.3 Å². The number of urea groups is 1.